The summed E-state index contributed by atoms with van der Waals surface area (Å²) in [5.41, 5.74) is 5.36. The Bertz CT molecular complexity index is 577. The van der Waals surface area contributed by atoms with E-state index in [2.05, 4.69) is 37.9 Å². The van der Waals surface area contributed by atoms with Crippen molar-refractivity contribution in [1.29, 1.82) is 0 Å². The van der Waals surface area contributed by atoms with Crippen molar-refractivity contribution in [2.75, 3.05) is 0 Å². The van der Waals surface area contributed by atoms with Crippen molar-refractivity contribution in [2.45, 2.75) is 20.8 Å². The summed E-state index contributed by atoms with van der Waals surface area (Å²) in [6.45, 7) is 6.24. The van der Waals surface area contributed by atoms with E-state index in [1.807, 2.05) is 12.3 Å². The number of benzene rings is 2. The van der Waals surface area contributed by atoms with Gasteiger partial charge in [0.05, 0.1) is 0 Å². The van der Waals surface area contributed by atoms with Crippen molar-refractivity contribution in [3.05, 3.63) is 58.7 Å². The predicted octanol–water partition coefficient (Wildman–Crippen LogP) is 4.07. The van der Waals surface area contributed by atoms with Crippen LogP contribution < -0.4 is 0 Å². The number of para-hydroxylation sites is 2. The number of nitrogens with zero attached hydrogens (tertiary/aromatic N) is 1. The molecule has 2 rings (SSSR count). The van der Waals surface area contributed by atoms with Gasteiger partial charge in [0, 0.05) is 6.21 Å². The molecule has 0 fully saturated rings. The normalized spacial score (nSPS) is 11.1. The number of phenols is 1. The summed E-state index contributed by atoms with van der Waals surface area (Å²) < 4.78 is 0. The highest BCUT2D eigenvalue weighted by atomic mass is 16.3. The Balaban J connectivity index is 2.38. The van der Waals surface area contributed by atoms with Crippen LogP contribution in [0.5, 0.6) is 5.75 Å². The van der Waals surface area contributed by atoms with Gasteiger partial charge in [0.25, 0.3) is 0 Å². The number of hydrogen-bond donors (Lipinski definition) is 1. The zero-order valence-electron chi connectivity index (χ0n) is 10.9. The van der Waals surface area contributed by atoms with Gasteiger partial charge in [0.1, 0.15) is 11.4 Å². The number of hydrogen-bond acceptors (Lipinski definition) is 2. The minimum atomic E-state index is 0.205. The van der Waals surface area contributed by atoms with E-state index in [9.17, 15) is 5.11 Å². The van der Waals surface area contributed by atoms with Gasteiger partial charge < -0.3 is 5.11 Å². The lowest BCUT2D eigenvalue weighted by Crippen LogP contribution is -1.93. The van der Waals surface area contributed by atoms with E-state index in [-0.39, 0.29) is 5.75 Å². The van der Waals surface area contributed by atoms with Crippen molar-refractivity contribution in [2.24, 2.45) is 4.99 Å². The third kappa shape index (κ3) is 2.59. The fourth-order valence-corrected chi connectivity index (χ4v) is 2.10. The van der Waals surface area contributed by atoms with Gasteiger partial charge in [-0.05, 0) is 49.6 Å². The molecule has 0 saturated heterocycles. The molecular formula is C16H17NO. The zero-order chi connectivity index (χ0) is 13.1. The third-order valence-corrected chi connectivity index (χ3v) is 2.95. The van der Waals surface area contributed by atoms with Crippen LogP contribution in [0.15, 0.2) is 41.4 Å². The Kier molecular flexibility index (Phi) is 3.47. The molecule has 2 heteroatoms. The van der Waals surface area contributed by atoms with Crippen LogP contribution in [0.3, 0.4) is 0 Å². The summed E-state index contributed by atoms with van der Waals surface area (Å²) in [4.78, 5) is 4.35. The minimum Gasteiger partial charge on any atom is -0.506 e. The van der Waals surface area contributed by atoms with Gasteiger partial charge in [0.15, 0.2) is 0 Å². The highest BCUT2D eigenvalue weighted by Gasteiger charge is 2.02. The number of aryl methyl sites for hydroxylation is 3. The average Bonchev–Trinajstić information content (AvgIpc) is 2.30. The molecule has 2 aromatic rings. The molecule has 1 N–H and O–H groups in total. The van der Waals surface area contributed by atoms with Gasteiger partial charge in [-0.3, -0.25) is 4.99 Å². The Morgan fingerprint density at radius 2 is 1.61 bits per heavy atom. The first-order valence-corrected chi connectivity index (χ1v) is 5.98. The Morgan fingerprint density at radius 1 is 1.00 bits per heavy atom. The largest absolute Gasteiger partial charge is 0.506 e. The van der Waals surface area contributed by atoms with Crippen LogP contribution in [0.4, 0.5) is 5.69 Å². The third-order valence-electron chi connectivity index (χ3n) is 2.95. The lowest BCUT2D eigenvalue weighted by atomic mass is 10.0. The lowest BCUT2D eigenvalue weighted by molar-refractivity contribution is 0.477. The molecule has 18 heavy (non-hydrogen) atoms. The molecule has 0 radical (unpaired) electrons. The summed E-state index contributed by atoms with van der Waals surface area (Å²) in [6.07, 6.45) is 1.82. The van der Waals surface area contributed by atoms with Crippen LogP contribution in [-0.2, 0) is 0 Å². The SMILES string of the molecule is Cc1cc(C)c(C=Nc2ccccc2O)c(C)c1. The van der Waals surface area contributed by atoms with Crippen molar-refractivity contribution in [3.63, 3.8) is 0 Å². The first kappa shape index (κ1) is 12.4. The summed E-state index contributed by atoms with van der Waals surface area (Å²) in [7, 11) is 0. The fourth-order valence-electron chi connectivity index (χ4n) is 2.10. The van der Waals surface area contributed by atoms with Crippen molar-refractivity contribution >= 4 is 11.9 Å². The molecule has 0 unspecified atom stereocenters. The number of aromatic hydroxyl groups is 1. The van der Waals surface area contributed by atoms with Gasteiger partial charge in [-0.2, -0.15) is 0 Å². The number of phenolic OH excluding ortho intramolecular Hbond substituents is 1. The van der Waals surface area contributed by atoms with E-state index in [4.69, 9.17) is 0 Å². The molecule has 0 saturated carbocycles. The maximum absolute atomic E-state index is 9.66. The highest BCUT2D eigenvalue weighted by Crippen LogP contribution is 2.25. The van der Waals surface area contributed by atoms with Gasteiger partial charge >= 0.3 is 0 Å². The maximum Gasteiger partial charge on any atom is 0.141 e. The fraction of sp³-hybridized carbons (Fsp3) is 0.188. The van der Waals surface area contributed by atoms with Crippen LogP contribution in [0.1, 0.15) is 22.3 Å². The second kappa shape index (κ2) is 5.05. The van der Waals surface area contributed by atoms with E-state index >= 15 is 0 Å². The second-order valence-electron chi connectivity index (χ2n) is 4.56. The molecule has 0 bridgehead atoms. The first-order chi connectivity index (χ1) is 8.58. The molecule has 0 heterocycles. The summed E-state index contributed by atoms with van der Waals surface area (Å²) in [6, 6.07) is 11.4. The molecule has 2 nitrogen and oxygen atoms in total. The lowest BCUT2D eigenvalue weighted by Gasteiger charge is -2.06. The molecule has 0 aliphatic carbocycles. The topological polar surface area (TPSA) is 32.6 Å². The van der Waals surface area contributed by atoms with Crippen molar-refractivity contribution in [3.8, 4) is 5.75 Å². The van der Waals surface area contributed by atoms with Gasteiger partial charge in [-0.15, -0.1) is 0 Å². The van der Waals surface area contributed by atoms with Crippen LogP contribution in [0.25, 0.3) is 0 Å². The quantitative estimate of drug-likeness (QED) is 0.787. The van der Waals surface area contributed by atoms with Gasteiger partial charge in [0.2, 0.25) is 0 Å². The summed E-state index contributed by atoms with van der Waals surface area (Å²) in [5, 5.41) is 9.66. The van der Waals surface area contributed by atoms with Gasteiger partial charge in [-0.25, -0.2) is 0 Å². The standard InChI is InChI=1S/C16H17NO/c1-11-8-12(2)14(13(3)9-11)10-17-15-6-4-5-7-16(15)18/h4-10,18H,1-3H3. The molecule has 92 valence electrons. The molecule has 0 aliphatic heterocycles. The van der Waals surface area contributed by atoms with E-state index in [0.29, 0.717) is 5.69 Å². The Morgan fingerprint density at radius 3 is 2.22 bits per heavy atom. The Hall–Kier alpha value is -2.09. The van der Waals surface area contributed by atoms with Crippen LogP contribution in [0, 0.1) is 20.8 Å². The van der Waals surface area contributed by atoms with E-state index in [0.717, 1.165) is 5.56 Å². The van der Waals surface area contributed by atoms with E-state index in [1.54, 1.807) is 18.2 Å². The first-order valence-electron chi connectivity index (χ1n) is 5.98. The molecular weight excluding hydrogens is 222 g/mol. The summed E-state index contributed by atoms with van der Waals surface area (Å²) in [5.74, 6) is 0.205. The average molecular weight is 239 g/mol. The number of aliphatic imine (C=N–C) groups is 1. The molecule has 0 aliphatic rings. The van der Waals surface area contributed by atoms with Crippen LogP contribution >= 0.6 is 0 Å². The van der Waals surface area contributed by atoms with E-state index in [1.165, 1.54) is 16.7 Å². The Labute approximate surface area is 108 Å². The molecule has 0 aromatic heterocycles. The number of rotatable bonds is 2. The monoisotopic (exact) mass is 239 g/mol. The summed E-state index contributed by atoms with van der Waals surface area (Å²) >= 11 is 0. The highest BCUT2D eigenvalue weighted by molar-refractivity contribution is 5.86. The molecule has 0 atom stereocenters. The molecule has 0 amide bonds. The van der Waals surface area contributed by atoms with Crippen LogP contribution in [0.2, 0.25) is 0 Å². The molecule has 2 aromatic carbocycles. The zero-order valence-corrected chi connectivity index (χ0v) is 10.9. The van der Waals surface area contributed by atoms with Gasteiger partial charge in [-0.1, -0.05) is 29.8 Å². The molecule has 0 spiro atoms. The second-order valence-corrected chi connectivity index (χ2v) is 4.56. The van der Waals surface area contributed by atoms with E-state index < -0.39 is 0 Å². The van der Waals surface area contributed by atoms with Crippen molar-refractivity contribution in [1.82, 2.24) is 0 Å². The van der Waals surface area contributed by atoms with Crippen LogP contribution in [-0.4, -0.2) is 11.3 Å². The minimum absolute atomic E-state index is 0.205. The van der Waals surface area contributed by atoms with Crippen molar-refractivity contribution < 1.29 is 5.11 Å². The maximum atomic E-state index is 9.66. The predicted molar refractivity (Wildman–Crippen MR) is 76.0 cm³/mol. The smallest absolute Gasteiger partial charge is 0.141 e.